The lowest BCUT2D eigenvalue weighted by atomic mass is 10.1. The second-order valence-electron chi connectivity index (χ2n) is 6.35. The molecule has 3 rings (SSSR count). The molecule has 0 atom stereocenters. The highest BCUT2D eigenvalue weighted by Gasteiger charge is 2.07. The molecule has 0 fully saturated rings. The molecule has 0 heterocycles. The van der Waals surface area contributed by atoms with Crippen LogP contribution in [0.15, 0.2) is 65.8 Å². The number of nitrogens with one attached hydrogen (secondary N) is 1. The molecule has 0 aliphatic carbocycles. The van der Waals surface area contributed by atoms with Crippen LogP contribution in [0, 0.1) is 6.92 Å². The summed E-state index contributed by atoms with van der Waals surface area (Å²) < 4.78 is 11.7. The predicted molar refractivity (Wildman–Crippen MR) is 121 cm³/mol. The van der Waals surface area contributed by atoms with Gasteiger partial charge >= 0.3 is 0 Å². The fourth-order valence-corrected chi connectivity index (χ4v) is 2.97. The van der Waals surface area contributed by atoms with Crippen LogP contribution in [0.2, 0.25) is 10.0 Å². The van der Waals surface area contributed by atoms with Gasteiger partial charge in [-0.15, -0.1) is 0 Å². The Bertz CT molecular complexity index is 1010. The van der Waals surface area contributed by atoms with Gasteiger partial charge in [0.25, 0.3) is 0 Å². The smallest absolute Gasteiger partial charge is 0.161 e. The van der Waals surface area contributed by atoms with Crippen molar-refractivity contribution in [3.05, 3.63) is 87.4 Å². The first-order valence-corrected chi connectivity index (χ1v) is 10.0. The number of ether oxygens (including phenoxy) is 2. The Kier molecular flexibility index (Phi) is 7.39. The number of benzene rings is 3. The number of hydrogen-bond acceptors (Lipinski definition) is 4. The molecule has 6 heteroatoms. The third kappa shape index (κ3) is 5.89. The van der Waals surface area contributed by atoms with Crippen molar-refractivity contribution in [2.45, 2.75) is 20.5 Å². The molecule has 0 unspecified atom stereocenters. The van der Waals surface area contributed by atoms with Crippen molar-refractivity contribution in [1.29, 1.82) is 0 Å². The van der Waals surface area contributed by atoms with Gasteiger partial charge in [-0.2, -0.15) is 5.10 Å². The second-order valence-corrected chi connectivity index (χ2v) is 7.17. The molecule has 1 N–H and O–H groups in total. The van der Waals surface area contributed by atoms with Gasteiger partial charge in [0.05, 0.1) is 28.6 Å². The Morgan fingerprint density at radius 3 is 2.52 bits per heavy atom. The molecular weight excluding hydrogens is 407 g/mol. The Hall–Kier alpha value is -2.69. The zero-order chi connectivity index (χ0) is 20.6. The number of aryl methyl sites for hydroxylation is 1. The van der Waals surface area contributed by atoms with E-state index in [2.05, 4.69) is 29.6 Å². The van der Waals surface area contributed by atoms with E-state index in [1.54, 1.807) is 24.4 Å². The molecule has 3 aromatic rings. The minimum atomic E-state index is 0.473. The molecule has 0 saturated heterocycles. The molecular formula is C23H22Cl2N2O2. The van der Waals surface area contributed by atoms with Crippen LogP contribution in [-0.2, 0) is 6.61 Å². The lowest BCUT2D eigenvalue weighted by molar-refractivity contribution is 0.269. The topological polar surface area (TPSA) is 42.8 Å². The van der Waals surface area contributed by atoms with Gasteiger partial charge in [0.1, 0.15) is 6.61 Å². The van der Waals surface area contributed by atoms with E-state index >= 15 is 0 Å². The van der Waals surface area contributed by atoms with E-state index in [0.29, 0.717) is 34.8 Å². The fraction of sp³-hybridized carbons (Fsp3) is 0.174. The van der Waals surface area contributed by atoms with Crippen molar-refractivity contribution in [2.75, 3.05) is 12.0 Å². The maximum Gasteiger partial charge on any atom is 0.161 e. The van der Waals surface area contributed by atoms with Gasteiger partial charge in [0.15, 0.2) is 11.5 Å². The van der Waals surface area contributed by atoms with Crippen LogP contribution >= 0.6 is 23.2 Å². The highest BCUT2D eigenvalue weighted by Crippen LogP contribution is 2.29. The summed E-state index contributed by atoms with van der Waals surface area (Å²) in [5.41, 5.74) is 6.90. The van der Waals surface area contributed by atoms with Crippen LogP contribution in [0.5, 0.6) is 11.5 Å². The standard InChI is InChI=1S/C23H22Cl2N2O2/c1-3-28-23-12-17(14-26-27-19-9-10-20(24)21(25)13-19)8-11-22(23)29-15-18-7-5-4-6-16(18)2/h4-14,27H,3,15H2,1-2H3. The maximum absolute atomic E-state index is 6.01. The summed E-state index contributed by atoms with van der Waals surface area (Å²) in [5.74, 6) is 1.38. The van der Waals surface area contributed by atoms with E-state index in [0.717, 1.165) is 16.8 Å². The molecule has 0 saturated carbocycles. The minimum Gasteiger partial charge on any atom is -0.490 e. The summed E-state index contributed by atoms with van der Waals surface area (Å²) >= 11 is 11.9. The fourth-order valence-electron chi connectivity index (χ4n) is 2.67. The molecule has 0 bridgehead atoms. The minimum absolute atomic E-state index is 0.473. The summed E-state index contributed by atoms with van der Waals surface area (Å²) in [6, 6.07) is 19.1. The van der Waals surface area contributed by atoms with Crippen molar-refractivity contribution < 1.29 is 9.47 Å². The Balaban J connectivity index is 1.69. The predicted octanol–water partition coefficient (Wildman–Crippen LogP) is 6.73. The largest absolute Gasteiger partial charge is 0.490 e. The average Bonchev–Trinajstić information content (AvgIpc) is 2.71. The second kappa shape index (κ2) is 10.2. The Morgan fingerprint density at radius 1 is 0.931 bits per heavy atom. The van der Waals surface area contributed by atoms with Crippen LogP contribution in [-0.4, -0.2) is 12.8 Å². The number of hydrogen-bond donors (Lipinski definition) is 1. The van der Waals surface area contributed by atoms with Crippen molar-refractivity contribution in [3.63, 3.8) is 0 Å². The first kappa shape index (κ1) is 21.0. The molecule has 4 nitrogen and oxygen atoms in total. The molecule has 29 heavy (non-hydrogen) atoms. The zero-order valence-electron chi connectivity index (χ0n) is 16.3. The highest BCUT2D eigenvalue weighted by molar-refractivity contribution is 6.42. The summed E-state index contributed by atoms with van der Waals surface area (Å²) in [4.78, 5) is 0. The van der Waals surface area contributed by atoms with E-state index in [4.69, 9.17) is 32.7 Å². The van der Waals surface area contributed by atoms with E-state index in [-0.39, 0.29) is 0 Å². The molecule has 0 aliphatic rings. The number of halogens is 2. The van der Waals surface area contributed by atoms with E-state index < -0.39 is 0 Å². The number of hydrazone groups is 1. The van der Waals surface area contributed by atoms with Gasteiger partial charge in [-0.1, -0.05) is 47.5 Å². The van der Waals surface area contributed by atoms with Crippen LogP contribution < -0.4 is 14.9 Å². The van der Waals surface area contributed by atoms with Gasteiger partial charge < -0.3 is 9.47 Å². The van der Waals surface area contributed by atoms with Crippen molar-refractivity contribution in [3.8, 4) is 11.5 Å². The van der Waals surface area contributed by atoms with Crippen LogP contribution in [0.3, 0.4) is 0 Å². The Labute approximate surface area is 181 Å². The zero-order valence-corrected chi connectivity index (χ0v) is 17.8. The van der Waals surface area contributed by atoms with Gasteiger partial charge in [-0.25, -0.2) is 0 Å². The maximum atomic E-state index is 6.01. The molecule has 0 aliphatic heterocycles. The molecule has 0 spiro atoms. The van der Waals surface area contributed by atoms with Gasteiger partial charge in [0, 0.05) is 0 Å². The number of anilines is 1. The monoisotopic (exact) mass is 428 g/mol. The molecule has 150 valence electrons. The Morgan fingerprint density at radius 2 is 1.76 bits per heavy atom. The third-order valence-corrected chi connectivity index (χ3v) is 4.98. The molecule has 0 aromatic heterocycles. The SMILES string of the molecule is CCOc1cc(C=NNc2ccc(Cl)c(Cl)c2)ccc1OCc1ccccc1C. The molecule has 3 aromatic carbocycles. The first-order valence-electron chi connectivity index (χ1n) is 9.25. The normalized spacial score (nSPS) is 10.9. The van der Waals surface area contributed by atoms with Crippen molar-refractivity contribution >= 4 is 35.1 Å². The average molecular weight is 429 g/mol. The third-order valence-electron chi connectivity index (χ3n) is 4.24. The lowest BCUT2D eigenvalue weighted by Crippen LogP contribution is -2.01. The first-order chi connectivity index (χ1) is 14.1. The molecule has 0 radical (unpaired) electrons. The van der Waals surface area contributed by atoms with Crippen molar-refractivity contribution in [1.82, 2.24) is 0 Å². The van der Waals surface area contributed by atoms with E-state index in [9.17, 15) is 0 Å². The van der Waals surface area contributed by atoms with Crippen LogP contribution in [0.1, 0.15) is 23.6 Å². The van der Waals surface area contributed by atoms with E-state index in [1.807, 2.05) is 37.3 Å². The summed E-state index contributed by atoms with van der Waals surface area (Å²) in [6.07, 6.45) is 1.70. The van der Waals surface area contributed by atoms with Crippen LogP contribution in [0.25, 0.3) is 0 Å². The lowest BCUT2D eigenvalue weighted by Gasteiger charge is -2.13. The van der Waals surface area contributed by atoms with E-state index in [1.165, 1.54) is 5.56 Å². The number of rotatable bonds is 8. The summed E-state index contributed by atoms with van der Waals surface area (Å²) in [6.45, 7) is 5.04. The quantitative estimate of drug-likeness (QED) is 0.319. The molecule has 0 amide bonds. The van der Waals surface area contributed by atoms with Gasteiger partial charge in [0.2, 0.25) is 0 Å². The van der Waals surface area contributed by atoms with Gasteiger partial charge in [-0.3, -0.25) is 5.43 Å². The highest BCUT2D eigenvalue weighted by atomic mass is 35.5. The summed E-state index contributed by atoms with van der Waals surface area (Å²) in [5, 5.41) is 5.22. The summed E-state index contributed by atoms with van der Waals surface area (Å²) in [7, 11) is 0. The van der Waals surface area contributed by atoms with Gasteiger partial charge in [-0.05, 0) is 66.9 Å². The van der Waals surface area contributed by atoms with Crippen molar-refractivity contribution in [2.24, 2.45) is 5.10 Å². The van der Waals surface area contributed by atoms with Crippen LogP contribution in [0.4, 0.5) is 5.69 Å². The number of nitrogens with zero attached hydrogens (tertiary/aromatic N) is 1.